The van der Waals surface area contributed by atoms with E-state index in [1.54, 1.807) is 29.2 Å². The molecule has 0 aliphatic rings. The highest BCUT2D eigenvalue weighted by molar-refractivity contribution is 6.06. The minimum Gasteiger partial charge on any atom is -0.456 e. The summed E-state index contributed by atoms with van der Waals surface area (Å²) in [6, 6.07) is 12.8. The molecule has 158 valence electrons. The molecule has 0 radical (unpaired) electrons. The number of ketones is 1. The van der Waals surface area contributed by atoms with Gasteiger partial charge in [-0.1, -0.05) is 44.2 Å². The van der Waals surface area contributed by atoms with Gasteiger partial charge in [-0.3, -0.25) is 14.3 Å². The minimum atomic E-state index is -0.383. The van der Waals surface area contributed by atoms with E-state index in [0.29, 0.717) is 35.4 Å². The normalized spacial score (nSPS) is 11.1. The lowest BCUT2D eigenvalue weighted by Gasteiger charge is -2.02. The Kier molecular flexibility index (Phi) is 5.53. The van der Waals surface area contributed by atoms with Gasteiger partial charge in [0.15, 0.2) is 28.9 Å². The number of nitrogens with zero attached hydrogens (tertiary/aromatic N) is 3. The van der Waals surface area contributed by atoms with Crippen molar-refractivity contribution in [3.8, 4) is 11.3 Å². The smallest absolute Gasteiger partial charge is 0.278 e. The van der Waals surface area contributed by atoms with Crippen LogP contribution in [-0.2, 0) is 6.54 Å². The summed E-state index contributed by atoms with van der Waals surface area (Å²) in [4.78, 5) is 28.8. The van der Waals surface area contributed by atoms with Crippen molar-refractivity contribution >= 4 is 17.4 Å². The number of rotatable bonds is 7. The molecule has 8 heteroatoms. The van der Waals surface area contributed by atoms with Gasteiger partial charge in [-0.25, -0.2) is 4.98 Å². The molecule has 31 heavy (non-hydrogen) atoms. The number of furan rings is 1. The summed E-state index contributed by atoms with van der Waals surface area (Å²) in [6.07, 6.45) is 3.22. The van der Waals surface area contributed by atoms with Gasteiger partial charge in [-0.05, 0) is 12.1 Å². The van der Waals surface area contributed by atoms with Crippen LogP contribution in [0.25, 0.3) is 11.3 Å². The number of aromatic nitrogens is 3. The van der Waals surface area contributed by atoms with Crippen molar-refractivity contribution in [1.82, 2.24) is 14.8 Å². The van der Waals surface area contributed by atoms with E-state index >= 15 is 0 Å². The highest BCUT2D eigenvalue weighted by atomic mass is 16.4. The van der Waals surface area contributed by atoms with Crippen molar-refractivity contribution in [2.75, 3.05) is 5.32 Å². The van der Waals surface area contributed by atoms with E-state index in [2.05, 4.69) is 15.4 Å². The lowest BCUT2D eigenvalue weighted by molar-refractivity contribution is 0.0983. The van der Waals surface area contributed by atoms with E-state index in [1.165, 1.54) is 6.92 Å². The lowest BCUT2D eigenvalue weighted by atomic mass is 10.1. The maximum atomic E-state index is 13.0. The summed E-state index contributed by atoms with van der Waals surface area (Å²) in [5, 5.41) is 7.06. The van der Waals surface area contributed by atoms with E-state index in [1.807, 2.05) is 44.2 Å². The number of anilines is 1. The zero-order chi connectivity index (χ0) is 22.0. The fourth-order valence-corrected chi connectivity index (χ4v) is 3.04. The molecule has 0 saturated heterocycles. The number of Topliss-reactive ketones (excluding diaryl/α,β-unsaturated/α-hetero) is 1. The Hall–Kier alpha value is -3.94. The van der Waals surface area contributed by atoms with E-state index in [0.717, 1.165) is 5.56 Å². The van der Waals surface area contributed by atoms with E-state index < -0.39 is 0 Å². The second-order valence-electron chi connectivity index (χ2n) is 7.45. The van der Waals surface area contributed by atoms with E-state index in [4.69, 9.17) is 8.83 Å². The van der Waals surface area contributed by atoms with Crippen molar-refractivity contribution < 1.29 is 18.4 Å². The molecule has 0 unspecified atom stereocenters. The number of nitrogens with one attached hydrogen (secondary N) is 1. The summed E-state index contributed by atoms with van der Waals surface area (Å²) in [6.45, 7) is 5.69. The van der Waals surface area contributed by atoms with Gasteiger partial charge in [0.25, 0.3) is 5.91 Å². The summed E-state index contributed by atoms with van der Waals surface area (Å²) >= 11 is 0. The van der Waals surface area contributed by atoms with E-state index in [-0.39, 0.29) is 23.3 Å². The van der Waals surface area contributed by atoms with Crippen molar-refractivity contribution in [2.24, 2.45) is 0 Å². The summed E-state index contributed by atoms with van der Waals surface area (Å²) in [5.41, 5.74) is 1.51. The van der Waals surface area contributed by atoms with Crippen molar-refractivity contribution in [2.45, 2.75) is 33.2 Å². The van der Waals surface area contributed by atoms with Gasteiger partial charge in [-0.15, -0.1) is 0 Å². The molecule has 4 aromatic rings. The van der Waals surface area contributed by atoms with Crippen LogP contribution in [0.15, 0.2) is 63.7 Å². The first-order valence-electron chi connectivity index (χ1n) is 9.90. The Balaban J connectivity index is 1.53. The van der Waals surface area contributed by atoms with Crippen LogP contribution in [0.5, 0.6) is 0 Å². The molecule has 1 aromatic carbocycles. The Morgan fingerprint density at radius 1 is 1.10 bits per heavy atom. The second-order valence-corrected chi connectivity index (χ2v) is 7.45. The van der Waals surface area contributed by atoms with E-state index in [9.17, 15) is 9.59 Å². The first-order valence-corrected chi connectivity index (χ1v) is 9.90. The Morgan fingerprint density at radius 3 is 2.55 bits per heavy atom. The number of hydrogen-bond acceptors (Lipinski definition) is 6. The molecule has 0 aliphatic heterocycles. The third kappa shape index (κ3) is 4.48. The zero-order valence-electron chi connectivity index (χ0n) is 17.5. The summed E-state index contributed by atoms with van der Waals surface area (Å²) in [5.74, 6) is 1.35. The summed E-state index contributed by atoms with van der Waals surface area (Å²) in [7, 11) is 0. The minimum absolute atomic E-state index is 0.0416. The number of hydrogen-bond donors (Lipinski definition) is 1. The Bertz CT molecular complexity index is 1220. The highest BCUT2D eigenvalue weighted by Crippen LogP contribution is 2.28. The average molecular weight is 418 g/mol. The van der Waals surface area contributed by atoms with Crippen LogP contribution in [0.1, 0.15) is 59.4 Å². The molecule has 1 N–H and O–H groups in total. The van der Waals surface area contributed by atoms with Gasteiger partial charge in [-0.2, -0.15) is 5.10 Å². The third-order valence-electron chi connectivity index (χ3n) is 4.61. The van der Waals surface area contributed by atoms with Crippen molar-refractivity contribution in [3.05, 3.63) is 78.0 Å². The second kappa shape index (κ2) is 8.43. The van der Waals surface area contributed by atoms with Gasteiger partial charge in [0.05, 0.1) is 18.4 Å². The molecule has 0 saturated carbocycles. The maximum Gasteiger partial charge on any atom is 0.278 e. The molecular formula is C23H22N4O4. The Morgan fingerprint density at radius 2 is 1.87 bits per heavy atom. The van der Waals surface area contributed by atoms with Gasteiger partial charge < -0.3 is 14.2 Å². The molecule has 0 aliphatic carbocycles. The third-order valence-corrected chi connectivity index (χ3v) is 4.61. The quantitative estimate of drug-likeness (QED) is 0.434. The molecule has 3 heterocycles. The van der Waals surface area contributed by atoms with Gasteiger partial charge >= 0.3 is 0 Å². The van der Waals surface area contributed by atoms with Crippen LogP contribution in [0.2, 0.25) is 0 Å². The molecule has 0 spiro atoms. The lowest BCUT2D eigenvalue weighted by Crippen LogP contribution is -2.13. The zero-order valence-corrected chi connectivity index (χ0v) is 17.5. The van der Waals surface area contributed by atoms with Gasteiger partial charge in [0, 0.05) is 24.6 Å². The molecule has 0 atom stereocenters. The van der Waals surface area contributed by atoms with Crippen molar-refractivity contribution in [3.63, 3.8) is 0 Å². The van der Waals surface area contributed by atoms with Crippen LogP contribution in [0.3, 0.4) is 0 Å². The highest BCUT2D eigenvalue weighted by Gasteiger charge is 2.23. The monoisotopic (exact) mass is 418 g/mol. The first kappa shape index (κ1) is 20.3. The topological polar surface area (TPSA) is 103 Å². The predicted molar refractivity (Wildman–Crippen MR) is 114 cm³/mol. The first-order chi connectivity index (χ1) is 14.9. The molecule has 4 rings (SSSR count). The number of oxazole rings is 1. The van der Waals surface area contributed by atoms with Crippen LogP contribution < -0.4 is 5.32 Å². The van der Waals surface area contributed by atoms with Crippen LogP contribution >= 0.6 is 0 Å². The molecule has 0 bridgehead atoms. The fraction of sp³-hybridized carbons (Fsp3) is 0.217. The van der Waals surface area contributed by atoms with Crippen molar-refractivity contribution in [1.29, 1.82) is 0 Å². The van der Waals surface area contributed by atoms with Gasteiger partial charge in [0.2, 0.25) is 0 Å². The fourth-order valence-electron chi connectivity index (χ4n) is 3.04. The van der Waals surface area contributed by atoms with Gasteiger partial charge in [0.1, 0.15) is 5.76 Å². The largest absolute Gasteiger partial charge is 0.456 e. The maximum absolute atomic E-state index is 13.0. The molecule has 1 amide bonds. The molecule has 0 fully saturated rings. The number of carbonyl (C=O) groups excluding carboxylic acids is 2. The SMILES string of the molecule is CC(=O)c1ccc(Cn2cc(NC(=O)c3nc(C(C)C)oc3-c3ccccc3)cn2)o1. The van der Waals surface area contributed by atoms with Crippen LogP contribution in [0.4, 0.5) is 5.69 Å². The number of benzene rings is 1. The number of carbonyl (C=O) groups is 2. The summed E-state index contributed by atoms with van der Waals surface area (Å²) < 4.78 is 13.0. The van der Waals surface area contributed by atoms with Crippen LogP contribution in [-0.4, -0.2) is 26.5 Å². The molecular weight excluding hydrogens is 396 g/mol. The van der Waals surface area contributed by atoms with Crippen LogP contribution in [0, 0.1) is 0 Å². The predicted octanol–water partition coefficient (Wildman–Crippen LogP) is 4.76. The number of amides is 1. The molecule has 8 nitrogen and oxygen atoms in total. The Labute approximate surface area is 178 Å². The molecule has 3 aromatic heterocycles. The standard InChI is InChI=1S/C23H22N4O4/c1-14(2)23-26-20(21(31-23)16-7-5-4-6-8-16)22(29)25-17-11-24-27(12-17)13-18-9-10-19(30-18)15(3)28/h4-12,14H,13H2,1-3H3,(H,25,29). The average Bonchev–Trinajstić information content (AvgIpc) is 3.48.